The molecule has 1 aromatic carbocycles. The zero-order valence-corrected chi connectivity index (χ0v) is 17.9. The molecule has 1 aliphatic heterocycles. The van der Waals surface area contributed by atoms with Gasteiger partial charge in [-0.2, -0.15) is 0 Å². The first-order valence-electron chi connectivity index (χ1n) is 10.3. The number of nitrogens with zero attached hydrogens (tertiary/aromatic N) is 3. The van der Waals surface area contributed by atoms with Gasteiger partial charge in [0, 0.05) is 44.3 Å². The Labute approximate surface area is 173 Å². The normalized spacial score (nSPS) is 16.0. The summed E-state index contributed by atoms with van der Waals surface area (Å²) in [7, 11) is 1.79. The first-order chi connectivity index (χ1) is 13.9. The van der Waals surface area contributed by atoms with Crippen molar-refractivity contribution in [3.05, 3.63) is 59.5 Å². The largest absolute Gasteiger partial charge is 0.356 e. The first-order valence-corrected chi connectivity index (χ1v) is 10.3. The van der Waals surface area contributed by atoms with Gasteiger partial charge in [-0.3, -0.25) is 4.99 Å². The molecule has 1 aromatic heterocycles. The van der Waals surface area contributed by atoms with E-state index in [-0.39, 0.29) is 11.2 Å². The van der Waals surface area contributed by atoms with E-state index in [0.717, 1.165) is 43.3 Å². The molecule has 0 radical (unpaired) electrons. The predicted molar refractivity (Wildman–Crippen MR) is 118 cm³/mol. The van der Waals surface area contributed by atoms with Gasteiger partial charge in [0.25, 0.3) is 0 Å². The summed E-state index contributed by atoms with van der Waals surface area (Å²) in [5.41, 5.74) is 1.95. The van der Waals surface area contributed by atoms with Gasteiger partial charge in [-0.05, 0) is 49.1 Å². The van der Waals surface area contributed by atoms with E-state index in [2.05, 4.69) is 58.4 Å². The van der Waals surface area contributed by atoms with Crippen LogP contribution in [-0.2, 0) is 5.41 Å². The Balaban J connectivity index is 1.50. The van der Waals surface area contributed by atoms with E-state index in [4.69, 9.17) is 0 Å². The van der Waals surface area contributed by atoms with Crippen LogP contribution in [-0.4, -0.2) is 43.7 Å². The van der Waals surface area contributed by atoms with Crippen LogP contribution in [0.4, 0.5) is 10.2 Å². The molecule has 1 fully saturated rings. The second-order valence-corrected chi connectivity index (χ2v) is 8.42. The molecule has 2 N–H and O–H groups in total. The highest BCUT2D eigenvalue weighted by molar-refractivity contribution is 5.80. The summed E-state index contributed by atoms with van der Waals surface area (Å²) in [5, 5.41) is 6.95. The Morgan fingerprint density at radius 1 is 1.24 bits per heavy atom. The van der Waals surface area contributed by atoms with Crippen LogP contribution in [0.1, 0.15) is 37.8 Å². The van der Waals surface area contributed by atoms with Gasteiger partial charge in [0.1, 0.15) is 11.6 Å². The lowest BCUT2D eigenvalue weighted by Crippen LogP contribution is -2.50. The molecule has 0 aliphatic carbocycles. The molecule has 156 valence electrons. The monoisotopic (exact) mass is 397 g/mol. The Morgan fingerprint density at radius 2 is 2.00 bits per heavy atom. The second kappa shape index (κ2) is 9.25. The Hall–Kier alpha value is -2.63. The molecule has 1 aliphatic rings. The summed E-state index contributed by atoms with van der Waals surface area (Å²) >= 11 is 0. The summed E-state index contributed by atoms with van der Waals surface area (Å²) in [6, 6.07) is 11.4. The molecule has 0 unspecified atom stereocenters. The predicted octanol–water partition coefficient (Wildman–Crippen LogP) is 3.64. The Bertz CT molecular complexity index is 823. The molecule has 3 rings (SSSR count). The van der Waals surface area contributed by atoms with Crippen molar-refractivity contribution in [2.45, 2.75) is 45.1 Å². The average Bonchev–Trinajstić information content (AvgIpc) is 2.72. The standard InChI is InChI=1S/C23H32FN5/c1-17-8-9-21(26-15-17)29-12-10-20(11-13-29)28-22(25-4)27-16-23(2,3)18-6-5-7-19(24)14-18/h5-9,14-15,20H,10-13,16H2,1-4H3,(H2,25,27,28). The minimum Gasteiger partial charge on any atom is -0.356 e. The number of aliphatic imine (C=N–C) groups is 1. The molecule has 1 saturated heterocycles. The maximum Gasteiger partial charge on any atom is 0.191 e. The van der Waals surface area contributed by atoms with E-state index in [1.807, 2.05) is 12.3 Å². The van der Waals surface area contributed by atoms with Gasteiger partial charge in [0.15, 0.2) is 5.96 Å². The fourth-order valence-corrected chi connectivity index (χ4v) is 3.60. The van der Waals surface area contributed by atoms with E-state index in [1.165, 1.54) is 11.6 Å². The van der Waals surface area contributed by atoms with Crippen LogP contribution < -0.4 is 15.5 Å². The highest BCUT2D eigenvalue weighted by Crippen LogP contribution is 2.23. The van der Waals surface area contributed by atoms with E-state index < -0.39 is 0 Å². The number of anilines is 1. The van der Waals surface area contributed by atoms with E-state index in [1.54, 1.807) is 19.2 Å². The van der Waals surface area contributed by atoms with Crippen LogP contribution in [0, 0.1) is 12.7 Å². The number of pyridine rings is 1. The number of guanidine groups is 1. The topological polar surface area (TPSA) is 52.6 Å². The summed E-state index contributed by atoms with van der Waals surface area (Å²) in [6.07, 6.45) is 3.99. The highest BCUT2D eigenvalue weighted by atomic mass is 19.1. The molecule has 0 saturated carbocycles. The third-order valence-corrected chi connectivity index (χ3v) is 5.58. The van der Waals surface area contributed by atoms with Crippen LogP contribution in [0.5, 0.6) is 0 Å². The van der Waals surface area contributed by atoms with Crippen molar-refractivity contribution in [1.82, 2.24) is 15.6 Å². The molecule has 6 heteroatoms. The third-order valence-electron chi connectivity index (χ3n) is 5.58. The van der Waals surface area contributed by atoms with Crippen molar-refractivity contribution in [3.8, 4) is 0 Å². The number of rotatable bonds is 5. The van der Waals surface area contributed by atoms with Crippen molar-refractivity contribution in [1.29, 1.82) is 0 Å². The van der Waals surface area contributed by atoms with Crippen molar-refractivity contribution < 1.29 is 4.39 Å². The number of hydrogen-bond acceptors (Lipinski definition) is 3. The van der Waals surface area contributed by atoms with Gasteiger partial charge < -0.3 is 15.5 Å². The van der Waals surface area contributed by atoms with Crippen LogP contribution in [0.15, 0.2) is 47.6 Å². The lowest BCUT2D eigenvalue weighted by Gasteiger charge is -2.34. The smallest absolute Gasteiger partial charge is 0.191 e. The van der Waals surface area contributed by atoms with Crippen molar-refractivity contribution >= 4 is 11.8 Å². The lowest BCUT2D eigenvalue weighted by atomic mass is 9.84. The molecule has 0 bridgehead atoms. The zero-order chi connectivity index (χ0) is 20.9. The number of hydrogen-bond donors (Lipinski definition) is 2. The molecule has 0 atom stereocenters. The number of halogens is 1. The van der Waals surface area contributed by atoms with Crippen molar-refractivity contribution in [2.24, 2.45) is 4.99 Å². The van der Waals surface area contributed by atoms with Gasteiger partial charge in [-0.1, -0.05) is 32.0 Å². The third kappa shape index (κ3) is 5.68. The van der Waals surface area contributed by atoms with Crippen LogP contribution >= 0.6 is 0 Å². The van der Waals surface area contributed by atoms with E-state index in [9.17, 15) is 4.39 Å². The quantitative estimate of drug-likeness (QED) is 0.597. The van der Waals surface area contributed by atoms with Crippen molar-refractivity contribution in [2.75, 3.05) is 31.6 Å². The maximum absolute atomic E-state index is 13.6. The minimum atomic E-state index is -0.208. The Morgan fingerprint density at radius 3 is 2.62 bits per heavy atom. The summed E-state index contributed by atoms with van der Waals surface area (Å²) in [6.45, 7) is 8.88. The van der Waals surface area contributed by atoms with Gasteiger partial charge in [-0.15, -0.1) is 0 Å². The molecule has 29 heavy (non-hydrogen) atoms. The number of benzene rings is 1. The summed E-state index contributed by atoms with van der Waals surface area (Å²) < 4.78 is 13.6. The van der Waals surface area contributed by atoms with Gasteiger partial charge in [0.2, 0.25) is 0 Å². The number of aromatic nitrogens is 1. The van der Waals surface area contributed by atoms with Gasteiger partial charge >= 0.3 is 0 Å². The van der Waals surface area contributed by atoms with Crippen LogP contribution in [0.25, 0.3) is 0 Å². The number of piperidine rings is 1. The van der Waals surface area contributed by atoms with Gasteiger partial charge in [0.05, 0.1) is 0 Å². The summed E-state index contributed by atoms with van der Waals surface area (Å²) in [4.78, 5) is 11.3. The lowest BCUT2D eigenvalue weighted by molar-refractivity contribution is 0.452. The van der Waals surface area contributed by atoms with Crippen LogP contribution in [0.3, 0.4) is 0 Å². The van der Waals surface area contributed by atoms with E-state index >= 15 is 0 Å². The molecular weight excluding hydrogens is 365 g/mol. The van der Waals surface area contributed by atoms with E-state index in [0.29, 0.717) is 12.6 Å². The van der Waals surface area contributed by atoms with Crippen molar-refractivity contribution in [3.63, 3.8) is 0 Å². The number of aryl methyl sites for hydroxylation is 1. The highest BCUT2D eigenvalue weighted by Gasteiger charge is 2.24. The zero-order valence-electron chi connectivity index (χ0n) is 17.9. The number of nitrogens with one attached hydrogen (secondary N) is 2. The second-order valence-electron chi connectivity index (χ2n) is 8.42. The molecule has 5 nitrogen and oxygen atoms in total. The molecule has 0 spiro atoms. The molecule has 0 amide bonds. The molecular formula is C23H32FN5. The fourth-order valence-electron chi connectivity index (χ4n) is 3.60. The molecule has 2 heterocycles. The molecule has 2 aromatic rings. The van der Waals surface area contributed by atoms with Gasteiger partial charge in [-0.25, -0.2) is 9.37 Å². The fraction of sp³-hybridized carbons (Fsp3) is 0.478. The first kappa shape index (κ1) is 21.1. The minimum absolute atomic E-state index is 0.201. The summed E-state index contributed by atoms with van der Waals surface area (Å²) in [5.74, 6) is 1.64. The van der Waals surface area contributed by atoms with Crippen LogP contribution in [0.2, 0.25) is 0 Å². The SMILES string of the molecule is CN=C(NCC(C)(C)c1cccc(F)c1)NC1CCN(c2ccc(C)cn2)CC1. The maximum atomic E-state index is 13.6. The average molecular weight is 398 g/mol. The Kier molecular flexibility index (Phi) is 6.72.